The fraction of sp³-hybridized carbons (Fsp3) is 0.0645. The van der Waals surface area contributed by atoms with Crippen LogP contribution in [-0.4, -0.2) is 19.4 Å². The molecule has 0 aliphatic heterocycles. The van der Waals surface area contributed by atoms with Gasteiger partial charge in [0.1, 0.15) is 11.3 Å². The van der Waals surface area contributed by atoms with Crippen molar-refractivity contribution in [2.24, 2.45) is 0 Å². The summed E-state index contributed by atoms with van der Waals surface area (Å²) in [6.07, 6.45) is 5.65. The van der Waals surface area contributed by atoms with Crippen LogP contribution in [0.2, 0.25) is 0 Å². The van der Waals surface area contributed by atoms with Crippen LogP contribution in [0.1, 0.15) is 22.3 Å². The molecule has 0 spiro atoms. The van der Waals surface area contributed by atoms with Gasteiger partial charge in [-0.05, 0) is 82.1 Å². The minimum absolute atomic E-state index is 0.903. The molecule has 0 saturated heterocycles. The van der Waals surface area contributed by atoms with Crippen LogP contribution in [-0.2, 0) is 12.8 Å². The molecule has 2 aliphatic rings. The van der Waals surface area contributed by atoms with E-state index >= 15 is 0 Å². The number of rotatable bonds is 0. The number of fused-ring (bicyclic) bond motifs is 16. The second-order valence-electron chi connectivity index (χ2n) is 9.65. The molecule has 35 heavy (non-hydrogen) atoms. The van der Waals surface area contributed by atoms with Crippen molar-refractivity contribution < 1.29 is 0 Å². The molecule has 9 rings (SSSR count). The van der Waals surface area contributed by atoms with E-state index in [0.29, 0.717) is 0 Å². The first-order valence-electron chi connectivity index (χ1n) is 12.1. The molecule has 0 radical (unpaired) electrons. The Balaban J connectivity index is 1.45. The zero-order valence-electron chi connectivity index (χ0n) is 18.8. The van der Waals surface area contributed by atoms with E-state index in [1.54, 1.807) is 0 Å². The monoisotopic (exact) mass is 446 g/mol. The topological polar surface area (TPSA) is 43.1 Å². The van der Waals surface area contributed by atoms with Crippen LogP contribution in [0.15, 0.2) is 85.2 Å². The van der Waals surface area contributed by atoms with Gasteiger partial charge in [0, 0.05) is 28.7 Å². The van der Waals surface area contributed by atoms with Crippen molar-refractivity contribution in [2.45, 2.75) is 12.8 Å². The summed E-state index contributed by atoms with van der Waals surface area (Å²) in [5.74, 6) is 0. The Bertz CT molecular complexity index is 2070. The molecule has 0 unspecified atom stereocenters. The quantitative estimate of drug-likeness (QED) is 0.243. The number of nitrogens with zero attached hydrogens (tertiary/aromatic N) is 4. The molecule has 4 heteroatoms. The first-order chi connectivity index (χ1) is 17.4. The minimum atomic E-state index is 0.903. The molecule has 4 nitrogen and oxygen atoms in total. The van der Waals surface area contributed by atoms with Gasteiger partial charge in [0.05, 0.1) is 16.6 Å². The Labute approximate surface area is 200 Å². The van der Waals surface area contributed by atoms with Gasteiger partial charge in [0.25, 0.3) is 0 Å². The van der Waals surface area contributed by atoms with E-state index in [-0.39, 0.29) is 0 Å². The lowest BCUT2D eigenvalue weighted by Gasteiger charge is -2.10. The van der Waals surface area contributed by atoms with E-state index in [0.717, 1.165) is 51.5 Å². The summed E-state index contributed by atoms with van der Waals surface area (Å²) in [7, 11) is 0. The molecule has 0 N–H and O–H groups in total. The van der Waals surface area contributed by atoms with E-state index in [9.17, 15) is 0 Å². The number of hydrogen-bond donors (Lipinski definition) is 0. The maximum Gasteiger partial charge on any atom is 0.149 e. The largest absolute Gasteiger partial charge is 0.276 e. The van der Waals surface area contributed by atoms with Crippen molar-refractivity contribution in [2.75, 3.05) is 0 Å². The third-order valence-corrected chi connectivity index (χ3v) is 7.92. The van der Waals surface area contributed by atoms with Crippen molar-refractivity contribution in [1.29, 1.82) is 0 Å². The number of pyridine rings is 3. The van der Waals surface area contributed by atoms with E-state index in [4.69, 9.17) is 15.0 Å². The summed E-state index contributed by atoms with van der Waals surface area (Å²) >= 11 is 0. The summed E-state index contributed by atoms with van der Waals surface area (Å²) in [4.78, 5) is 14.8. The number of hydrogen-bond acceptors (Lipinski definition) is 3. The predicted octanol–water partition coefficient (Wildman–Crippen LogP) is 6.73. The van der Waals surface area contributed by atoms with E-state index in [1.165, 1.54) is 44.5 Å². The van der Waals surface area contributed by atoms with Crippen molar-refractivity contribution in [3.63, 3.8) is 0 Å². The molecule has 0 atom stereocenters. The number of imidazole rings is 1. The number of benzene rings is 3. The van der Waals surface area contributed by atoms with Gasteiger partial charge < -0.3 is 0 Å². The molecular formula is C31H18N4. The van der Waals surface area contributed by atoms with Gasteiger partial charge in [-0.25, -0.2) is 9.97 Å². The van der Waals surface area contributed by atoms with Crippen LogP contribution >= 0.6 is 0 Å². The zero-order chi connectivity index (χ0) is 22.7. The standard InChI is InChI=1S/C31H18N4/c1-2-6-20-17(5-1)16-24-21(20)11-9-18-15-19-10-12-25-29(27(19)26(18)24)34-31-23-8-3-13-32-28(23)22-7-4-14-33-30(22)35(25)31/h1-14H,15-16H2. The molecule has 4 aromatic heterocycles. The van der Waals surface area contributed by atoms with Gasteiger partial charge in [0.2, 0.25) is 0 Å². The SMILES string of the molecule is c1ccc2c(c1)Cc1c-2ccc2c1-c1c(ccc3c1nc1c4cccnc4c4cccnc4n31)C2. The zero-order valence-corrected chi connectivity index (χ0v) is 18.8. The van der Waals surface area contributed by atoms with Gasteiger partial charge in [-0.1, -0.05) is 42.5 Å². The second-order valence-corrected chi connectivity index (χ2v) is 9.65. The Morgan fingerprint density at radius 2 is 1.37 bits per heavy atom. The third kappa shape index (κ3) is 2.11. The average Bonchev–Trinajstić information content (AvgIpc) is 3.59. The summed E-state index contributed by atoms with van der Waals surface area (Å²) in [5, 5.41) is 2.11. The summed E-state index contributed by atoms with van der Waals surface area (Å²) < 4.78 is 2.23. The van der Waals surface area contributed by atoms with Crippen LogP contribution in [0.25, 0.3) is 60.9 Å². The normalized spacial score (nSPS) is 13.5. The van der Waals surface area contributed by atoms with E-state index in [1.807, 2.05) is 24.5 Å². The summed E-state index contributed by atoms with van der Waals surface area (Å²) in [6, 6.07) is 26.2. The van der Waals surface area contributed by atoms with Gasteiger partial charge >= 0.3 is 0 Å². The van der Waals surface area contributed by atoms with Crippen LogP contribution < -0.4 is 0 Å². The molecule has 0 amide bonds. The fourth-order valence-corrected chi connectivity index (χ4v) is 6.49. The highest BCUT2D eigenvalue weighted by molar-refractivity contribution is 6.12. The van der Waals surface area contributed by atoms with Gasteiger partial charge in [0.15, 0.2) is 0 Å². The smallest absolute Gasteiger partial charge is 0.149 e. The van der Waals surface area contributed by atoms with Crippen LogP contribution in [0.3, 0.4) is 0 Å². The van der Waals surface area contributed by atoms with Crippen molar-refractivity contribution >= 4 is 38.6 Å². The molecule has 3 aromatic carbocycles. The molecule has 0 fully saturated rings. The Kier molecular flexibility index (Phi) is 3.11. The molecule has 0 bridgehead atoms. The molecular weight excluding hydrogens is 428 g/mol. The third-order valence-electron chi connectivity index (χ3n) is 7.92. The lowest BCUT2D eigenvalue weighted by Crippen LogP contribution is -1.94. The van der Waals surface area contributed by atoms with Gasteiger partial charge in [-0.15, -0.1) is 0 Å². The molecule has 0 saturated carbocycles. The highest BCUT2D eigenvalue weighted by Crippen LogP contribution is 2.49. The first-order valence-corrected chi connectivity index (χ1v) is 12.1. The molecule has 7 aromatic rings. The van der Waals surface area contributed by atoms with Gasteiger partial charge in [-0.3, -0.25) is 9.38 Å². The van der Waals surface area contributed by atoms with Crippen molar-refractivity contribution in [3.05, 3.63) is 107 Å². The van der Waals surface area contributed by atoms with E-state index < -0.39 is 0 Å². The van der Waals surface area contributed by atoms with Crippen LogP contribution in [0.5, 0.6) is 0 Å². The van der Waals surface area contributed by atoms with Crippen LogP contribution in [0.4, 0.5) is 0 Å². The lowest BCUT2D eigenvalue weighted by atomic mass is 9.94. The Morgan fingerprint density at radius 1 is 0.571 bits per heavy atom. The lowest BCUT2D eigenvalue weighted by molar-refractivity contribution is 1.22. The number of aromatic nitrogens is 4. The van der Waals surface area contributed by atoms with Crippen molar-refractivity contribution in [1.82, 2.24) is 19.4 Å². The summed E-state index contributed by atoms with van der Waals surface area (Å²) in [5.41, 5.74) is 16.0. The van der Waals surface area contributed by atoms with Gasteiger partial charge in [-0.2, -0.15) is 0 Å². The molecule has 4 heterocycles. The minimum Gasteiger partial charge on any atom is -0.276 e. The first kappa shape index (κ1) is 17.8. The Morgan fingerprint density at radius 3 is 2.31 bits per heavy atom. The highest BCUT2D eigenvalue weighted by Gasteiger charge is 2.31. The summed E-state index contributed by atoms with van der Waals surface area (Å²) in [6.45, 7) is 0. The predicted molar refractivity (Wildman–Crippen MR) is 140 cm³/mol. The Hall–Kier alpha value is -4.57. The highest BCUT2D eigenvalue weighted by atomic mass is 15.1. The maximum absolute atomic E-state index is 5.32. The molecule has 162 valence electrons. The van der Waals surface area contributed by atoms with Crippen molar-refractivity contribution in [3.8, 4) is 22.3 Å². The van der Waals surface area contributed by atoms with Crippen LogP contribution in [0, 0.1) is 0 Å². The second kappa shape index (κ2) is 6.10. The fourth-order valence-electron chi connectivity index (χ4n) is 6.49. The van der Waals surface area contributed by atoms with E-state index in [2.05, 4.69) is 65.1 Å². The maximum atomic E-state index is 5.32. The average molecular weight is 447 g/mol. The molecule has 2 aliphatic carbocycles.